The van der Waals surface area contributed by atoms with Gasteiger partial charge in [0.2, 0.25) is 5.89 Å². The zero-order valence-corrected chi connectivity index (χ0v) is 13.0. The molecule has 0 atom stereocenters. The molecule has 1 aromatic heterocycles. The molecule has 0 aliphatic heterocycles. The number of nitrogens with two attached hydrogens (primary N) is 1. The number of nitrogens with one attached hydrogen (secondary N) is 1. The van der Waals surface area contributed by atoms with Crippen LogP contribution in [0.15, 0.2) is 27.2 Å². The number of aryl methyl sites for hydroxylation is 1. The first-order chi connectivity index (χ1) is 9.51. The van der Waals surface area contributed by atoms with Gasteiger partial charge in [-0.2, -0.15) is 0 Å². The van der Waals surface area contributed by atoms with Crippen molar-refractivity contribution in [2.45, 2.75) is 26.8 Å². The lowest BCUT2D eigenvalue weighted by Crippen LogP contribution is -2.24. The monoisotopic (exact) mass is 337 g/mol. The van der Waals surface area contributed by atoms with Crippen molar-refractivity contribution in [1.82, 2.24) is 10.3 Å². The second-order valence-corrected chi connectivity index (χ2v) is 5.34. The Morgan fingerprint density at radius 3 is 2.90 bits per heavy atom. The number of amides is 1. The third kappa shape index (κ3) is 3.19. The summed E-state index contributed by atoms with van der Waals surface area (Å²) in [6.45, 7) is 4.05. The van der Waals surface area contributed by atoms with Gasteiger partial charge < -0.3 is 15.5 Å². The lowest BCUT2D eigenvalue weighted by atomic mass is 10.1. The molecular formula is C14H16BrN3O2. The summed E-state index contributed by atoms with van der Waals surface area (Å²) in [5, 5.41) is 2.78. The molecule has 5 nitrogen and oxygen atoms in total. The van der Waals surface area contributed by atoms with Gasteiger partial charge in [0.15, 0.2) is 0 Å². The summed E-state index contributed by atoms with van der Waals surface area (Å²) in [5.74, 6) is 1.10. The Kier molecular flexibility index (Phi) is 4.44. The smallest absolute Gasteiger partial charge is 0.252 e. The van der Waals surface area contributed by atoms with Crippen LogP contribution in [0.2, 0.25) is 0 Å². The minimum absolute atomic E-state index is 0.202. The van der Waals surface area contributed by atoms with Gasteiger partial charge in [-0.25, -0.2) is 4.98 Å². The quantitative estimate of drug-likeness (QED) is 0.840. The summed E-state index contributed by atoms with van der Waals surface area (Å²) in [6, 6.07) is 3.52. The van der Waals surface area contributed by atoms with E-state index in [1.54, 1.807) is 18.3 Å². The number of benzene rings is 1. The van der Waals surface area contributed by atoms with Gasteiger partial charge in [-0.1, -0.05) is 22.9 Å². The molecule has 0 aliphatic rings. The second kappa shape index (κ2) is 6.09. The number of nitrogen functional groups attached to an aromatic ring is 1. The number of nitrogens with zero attached hydrogens (tertiary/aromatic N) is 1. The molecule has 1 amide bonds. The molecule has 2 aromatic rings. The van der Waals surface area contributed by atoms with E-state index in [0.29, 0.717) is 17.1 Å². The maximum atomic E-state index is 12.2. The van der Waals surface area contributed by atoms with E-state index in [9.17, 15) is 4.79 Å². The third-order valence-electron chi connectivity index (χ3n) is 3.01. The molecule has 0 radical (unpaired) electrons. The van der Waals surface area contributed by atoms with Crippen molar-refractivity contribution in [2.75, 3.05) is 5.73 Å². The Labute approximate surface area is 125 Å². The van der Waals surface area contributed by atoms with Gasteiger partial charge >= 0.3 is 0 Å². The fourth-order valence-electron chi connectivity index (χ4n) is 1.78. The number of hydrogen-bond acceptors (Lipinski definition) is 4. The van der Waals surface area contributed by atoms with Crippen molar-refractivity contribution in [3.05, 3.63) is 45.6 Å². The number of carbonyl (C=O) groups excluding carboxylic acids is 1. The topological polar surface area (TPSA) is 81.2 Å². The minimum Gasteiger partial charge on any atom is -0.444 e. The fourth-order valence-corrected chi connectivity index (χ4v) is 2.26. The van der Waals surface area contributed by atoms with Crippen LogP contribution in [0.1, 0.15) is 34.5 Å². The molecule has 0 unspecified atom stereocenters. The molecule has 0 saturated heterocycles. The maximum absolute atomic E-state index is 12.2. The van der Waals surface area contributed by atoms with E-state index in [0.717, 1.165) is 22.2 Å². The fraction of sp³-hybridized carbons (Fsp3) is 0.286. The van der Waals surface area contributed by atoms with Crippen LogP contribution >= 0.6 is 15.9 Å². The Hall–Kier alpha value is -1.82. The standard InChI is InChI=1S/C14H16BrN3O2/c1-3-10-6-17-13(20-10)7-18-14(19)11-4-9(15)5-12(16)8(11)2/h4-6H,3,7,16H2,1-2H3,(H,18,19). The van der Waals surface area contributed by atoms with Crippen LogP contribution in [0.5, 0.6) is 0 Å². The molecular weight excluding hydrogens is 322 g/mol. The Morgan fingerprint density at radius 1 is 1.50 bits per heavy atom. The molecule has 3 N–H and O–H groups in total. The number of carbonyl (C=O) groups is 1. The first kappa shape index (κ1) is 14.6. The molecule has 6 heteroatoms. The van der Waals surface area contributed by atoms with E-state index in [4.69, 9.17) is 10.2 Å². The summed E-state index contributed by atoms with van der Waals surface area (Å²) in [5.41, 5.74) is 7.72. The molecule has 2 rings (SSSR count). The van der Waals surface area contributed by atoms with Crippen molar-refractivity contribution in [2.24, 2.45) is 0 Å². The molecule has 0 bridgehead atoms. The van der Waals surface area contributed by atoms with Crippen molar-refractivity contribution < 1.29 is 9.21 Å². The lowest BCUT2D eigenvalue weighted by Gasteiger charge is -2.09. The van der Waals surface area contributed by atoms with E-state index in [2.05, 4.69) is 26.2 Å². The molecule has 0 aliphatic carbocycles. The van der Waals surface area contributed by atoms with Gasteiger partial charge in [-0.3, -0.25) is 4.79 Å². The zero-order chi connectivity index (χ0) is 14.7. The van der Waals surface area contributed by atoms with E-state index in [1.807, 2.05) is 13.8 Å². The third-order valence-corrected chi connectivity index (χ3v) is 3.47. The minimum atomic E-state index is -0.202. The highest BCUT2D eigenvalue weighted by molar-refractivity contribution is 9.10. The van der Waals surface area contributed by atoms with Gasteiger partial charge in [0, 0.05) is 22.1 Å². The van der Waals surface area contributed by atoms with Crippen LogP contribution in [0.3, 0.4) is 0 Å². The lowest BCUT2D eigenvalue weighted by molar-refractivity contribution is 0.0946. The summed E-state index contributed by atoms with van der Waals surface area (Å²) in [7, 11) is 0. The molecule has 0 fully saturated rings. The van der Waals surface area contributed by atoms with Crippen molar-refractivity contribution >= 4 is 27.5 Å². The van der Waals surface area contributed by atoms with Crippen LogP contribution in [0, 0.1) is 6.92 Å². The molecule has 0 spiro atoms. The van der Waals surface area contributed by atoms with Crippen molar-refractivity contribution in [3.8, 4) is 0 Å². The van der Waals surface area contributed by atoms with Gasteiger partial charge in [0.1, 0.15) is 5.76 Å². The van der Waals surface area contributed by atoms with Gasteiger partial charge in [0.05, 0.1) is 12.7 Å². The Morgan fingerprint density at radius 2 is 2.25 bits per heavy atom. The molecule has 20 heavy (non-hydrogen) atoms. The van der Waals surface area contributed by atoms with Crippen LogP contribution in [-0.4, -0.2) is 10.9 Å². The van der Waals surface area contributed by atoms with E-state index >= 15 is 0 Å². The summed E-state index contributed by atoms with van der Waals surface area (Å²) >= 11 is 3.33. The summed E-state index contributed by atoms with van der Waals surface area (Å²) < 4.78 is 6.21. The van der Waals surface area contributed by atoms with Crippen LogP contribution in [-0.2, 0) is 13.0 Å². The number of rotatable bonds is 4. The van der Waals surface area contributed by atoms with Crippen LogP contribution < -0.4 is 11.1 Å². The normalized spacial score (nSPS) is 10.6. The number of halogens is 1. The van der Waals surface area contributed by atoms with Crippen LogP contribution in [0.4, 0.5) is 5.69 Å². The van der Waals surface area contributed by atoms with Gasteiger partial charge in [-0.15, -0.1) is 0 Å². The van der Waals surface area contributed by atoms with Crippen molar-refractivity contribution in [1.29, 1.82) is 0 Å². The summed E-state index contributed by atoms with van der Waals surface area (Å²) in [4.78, 5) is 16.3. The van der Waals surface area contributed by atoms with E-state index < -0.39 is 0 Å². The number of aromatic nitrogens is 1. The molecule has 1 heterocycles. The van der Waals surface area contributed by atoms with Crippen molar-refractivity contribution in [3.63, 3.8) is 0 Å². The first-order valence-corrected chi connectivity index (χ1v) is 7.08. The predicted octanol–water partition coefficient (Wildman–Crippen LogP) is 2.82. The van der Waals surface area contributed by atoms with Crippen LogP contribution in [0.25, 0.3) is 0 Å². The molecule has 106 valence electrons. The predicted molar refractivity (Wildman–Crippen MR) is 80.3 cm³/mol. The number of oxazole rings is 1. The second-order valence-electron chi connectivity index (χ2n) is 4.42. The highest BCUT2D eigenvalue weighted by atomic mass is 79.9. The van der Waals surface area contributed by atoms with Gasteiger partial charge in [0.25, 0.3) is 5.91 Å². The van der Waals surface area contributed by atoms with Gasteiger partial charge in [-0.05, 0) is 24.6 Å². The zero-order valence-electron chi connectivity index (χ0n) is 11.4. The summed E-state index contributed by atoms with van der Waals surface area (Å²) in [6.07, 6.45) is 2.45. The largest absolute Gasteiger partial charge is 0.444 e. The van der Waals surface area contributed by atoms with E-state index in [1.165, 1.54) is 0 Å². The molecule has 0 saturated carbocycles. The average molecular weight is 338 g/mol. The SMILES string of the molecule is CCc1cnc(CNC(=O)c2cc(Br)cc(N)c2C)o1. The number of hydrogen-bond donors (Lipinski definition) is 2. The van der Waals surface area contributed by atoms with E-state index in [-0.39, 0.29) is 12.5 Å². The maximum Gasteiger partial charge on any atom is 0.252 e. The highest BCUT2D eigenvalue weighted by Gasteiger charge is 2.13. The number of anilines is 1. The molecule has 1 aromatic carbocycles. The Bertz CT molecular complexity index is 637. The first-order valence-electron chi connectivity index (χ1n) is 6.28. The average Bonchev–Trinajstić information content (AvgIpc) is 2.88. The highest BCUT2D eigenvalue weighted by Crippen LogP contribution is 2.22. The Balaban J connectivity index is 2.09.